The van der Waals surface area contributed by atoms with Crippen molar-refractivity contribution < 1.29 is 18.8 Å². The van der Waals surface area contributed by atoms with Gasteiger partial charge in [-0.3, -0.25) is 19.3 Å². The minimum Gasteiger partial charge on any atom is -0.436 e. The molecule has 5 rings (SSSR count). The molecule has 1 aliphatic rings. The zero-order valence-corrected chi connectivity index (χ0v) is 18.1. The SMILES string of the molecule is O=C(CCCN1C(=O)c2ccccc2C1=O)Nc1ccc2nc(-c3ccccc3Cl)oc2c1. The average Bonchev–Trinajstić information content (AvgIpc) is 3.34. The summed E-state index contributed by atoms with van der Waals surface area (Å²) in [6.45, 7) is 0.183. The van der Waals surface area contributed by atoms with Crippen molar-refractivity contribution in [2.45, 2.75) is 12.8 Å². The van der Waals surface area contributed by atoms with Gasteiger partial charge in [-0.15, -0.1) is 0 Å². The van der Waals surface area contributed by atoms with Gasteiger partial charge in [-0.2, -0.15) is 0 Å². The Hall–Kier alpha value is -3.97. The van der Waals surface area contributed by atoms with E-state index in [1.54, 1.807) is 48.5 Å². The standard InChI is InChI=1S/C25H18ClN3O4/c26-19-9-4-3-8-18(19)23-28-20-12-11-15(14-21(20)33-23)27-22(30)10-5-13-29-24(31)16-6-1-2-7-17(16)25(29)32/h1-4,6-9,11-12,14H,5,10,13H2,(H,27,30). The van der Waals surface area contributed by atoms with Gasteiger partial charge >= 0.3 is 0 Å². The lowest BCUT2D eigenvalue weighted by Crippen LogP contribution is -2.31. The Bertz CT molecular complexity index is 1380. The van der Waals surface area contributed by atoms with Crippen LogP contribution in [0.15, 0.2) is 71.1 Å². The molecule has 0 saturated heterocycles. The van der Waals surface area contributed by atoms with E-state index in [0.29, 0.717) is 50.8 Å². The van der Waals surface area contributed by atoms with E-state index < -0.39 is 0 Å². The van der Waals surface area contributed by atoms with Crippen molar-refractivity contribution >= 4 is 46.1 Å². The van der Waals surface area contributed by atoms with E-state index in [-0.39, 0.29) is 30.7 Å². The number of oxazole rings is 1. The second-order valence-electron chi connectivity index (χ2n) is 7.64. The van der Waals surface area contributed by atoms with Crippen molar-refractivity contribution in [3.8, 4) is 11.5 Å². The Morgan fingerprint density at radius 3 is 2.30 bits per heavy atom. The molecule has 0 aliphatic carbocycles. The fraction of sp³-hybridized carbons (Fsp3) is 0.120. The predicted octanol–water partition coefficient (Wildman–Crippen LogP) is 5.16. The van der Waals surface area contributed by atoms with Crippen LogP contribution in [0.3, 0.4) is 0 Å². The van der Waals surface area contributed by atoms with Crippen molar-refractivity contribution in [3.05, 3.63) is 82.9 Å². The molecule has 0 spiro atoms. The molecule has 1 N–H and O–H groups in total. The molecule has 4 aromatic rings. The summed E-state index contributed by atoms with van der Waals surface area (Å²) in [6, 6.07) is 19.2. The summed E-state index contributed by atoms with van der Waals surface area (Å²) in [5.41, 5.74) is 3.23. The molecule has 2 heterocycles. The zero-order valence-electron chi connectivity index (χ0n) is 17.4. The van der Waals surface area contributed by atoms with Crippen LogP contribution < -0.4 is 5.32 Å². The van der Waals surface area contributed by atoms with Crippen molar-refractivity contribution in [1.82, 2.24) is 9.88 Å². The first kappa shape index (κ1) is 20.9. The lowest BCUT2D eigenvalue weighted by atomic mass is 10.1. The number of nitrogens with zero attached hydrogens (tertiary/aromatic N) is 2. The van der Waals surface area contributed by atoms with E-state index in [4.69, 9.17) is 16.0 Å². The highest BCUT2D eigenvalue weighted by atomic mass is 35.5. The van der Waals surface area contributed by atoms with E-state index in [0.717, 1.165) is 0 Å². The number of carbonyl (C=O) groups is 3. The van der Waals surface area contributed by atoms with E-state index in [2.05, 4.69) is 10.3 Å². The van der Waals surface area contributed by atoms with Crippen molar-refractivity contribution in [1.29, 1.82) is 0 Å². The monoisotopic (exact) mass is 459 g/mol. The Labute approximate surface area is 194 Å². The van der Waals surface area contributed by atoms with Crippen LogP contribution in [-0.4, -0.2) is 34.2 Å². The molecule has 1 aliphatic heterocycles. The number of imide groups is 1. The van der Waals surface area contributed by atoms with Gasteiger partial charge < -0.3 is 9.73 Å². The van der Waals surface area contributed by atoms with Crippen LogP contribution in [0.1, 0.15) is 33.6 Å². The van der Waals surface area contributed by atoms with Crippen molar-refractivity contribution in [2.24, 2.45) is 0 Å². The first-order chi connectivity index (χ1) is 16.0. The van der Waals surface area contributed by atoms with Crippen LogP contribution in [0, 0.1) is 0 Å². The van der Waals surface area contributed by atoms with E-state index in [9.17, 15) is 14.4 Å². The number of anilines is 1. The van der Waals surface area contributed by atoms with Gasteiger partial charge in [0.15, 0.2) is 5.58 Å². The topological polar surface area (TPSA) is 92.5 Å². The van der Waals surface area contributed by atoms with Gasteiger partial charge in [-0.05, 0) is 42.8 Å². The van der Waals surface area contributed by atoms with Crippen LogP contribution in [0.5, 0.6) is 0 Å². The highest BCUT2D eigenvalue weighted by Gasteiger charge is 2.34. The molecule has 3 amide bonds. The van der Waals surface area contributed by atoms with Gasteiger partial charge in [0.2, 0.25) is 11.8 Å². The maximum absolute atomic E-state index is 12.4. The minimum atomic E-state index is -0.318. The molecule has 0 unspecified atom stereocenters. The fourth-order valence-corrected chi connectivity index (χ4v) is 4.03. The second-order valence-corrected chi connectivity index (χ2v) is 8.05. The third-order valence-corrected chi connectivity index (χ3v) is 5.77. The molecule has 33 heavy (non-hydrogen) atoms. The molecule has 3 aromatic carbocycles. The molecule has 164 valence electrons. The van der Waals surface area contributed by atoms with Crippen LogP contribution in [0.2, 0.25) is 5.02 Å². The third kappa shape index (κ3) is 3.99. The quantitative estimate of drug-likeness (QED) is 0.402. The number of hydrogen-bond donors (Lipinski definition) is 1. The van der Waals surface area contributed by atoms with Gasteiger partial charge in [-0.1, -0.05) is 35.9 Å². The van der Waals surface area contributed by atoms with Crippen LogP contribution in [0.4, 0.5) is 5.69 Å². The third-order valence-electron chi connectivity index (χ3n) is 5.44. The molecule has 0 atom stereocenters. The molecule has 0 radical (unpaired) electrons. The van der Waals surface area contributed by atoms with E-state index >= 15 is 0 Å². The van der Waals surface area contributed by atoms with Crippen LogP contribution >= 0.6 is 11.6 Å². The molecule has 0 fully saturated rings. The van der Waals surface area contributed by atoms with Crippen molar-refractivity contribution in [2.75, 3.05) is 11.9 Å². The maximum Gasteiger partial charge on any atom is 0.261 e. The highest BCUT2D eigenvalue weighted by molar-refractivity contribution is 6.33. The number of amides is 3. The summed E-state index contributed by atoms with van der Waals surface area (Å²) in [6.07, 6.45) is 0.519. The molecule has 8 heteroatoms. The van der Waals surface area contributed by atoms with E-state index in [1.165, 1.54) is 4.90 Å². The smallest absolute Gasteiger partial charge is 0.261 e. The van der Waals surface area contributed by atoms with Gasteiger partial charge in [0.05, 0.1) is 21.7 Å². The first-order valence-corrected chi connectivity index (χ1v) is 10.8. The summed E-state index contributed by atoms with van der Waals surface area (Å²) in [7, 11) is 0. The number of carbonyl (C=O) groups excluding carboxylic acids is 3. The Kier molecular flexibility index (Phi) is 5.40. The molecule has 7 nitrogen and oxygen atoms in total. The largest absolute Gasteiger partial charge is 0.436 e. The number of nitrogens with one attached hydrogen (secondary N) is 1. The molecular formula is C25H18ClN3O4. The second kappa shape index (κ2) is 8.52. The lowest BCUT2D eigenvalue weighted by molar-refractivity contribution is -0.116. The fourth-order valence-electron chi connectivity index (χ4n) is 3.82. The zero-order chi connectivity index (χ0) is 22.9. The van der Waals surface area contributed by atoms with Gasteiger partial charge in [0.25, 0.3) is 11.8 Å². The average molecular weight is 460 g/mol. The summed E-state index contributed by atoms with van der Waals surface area (Å²) in [5, 5.41) is 3.36. The van der Waals surface area contributed by atoms with Crippen LogP contribution in [-0.2, 0) is 4.79 Å². The summed E-state index contributed by atoms with van der Waals surface area (Å²) < 4.78 is 5.83. The summed E-state index contributed by atoms with van der Waals surface area (Å²) >= 11 is 6.22. The number of fused-ring (bicyclic) bond motifs is 2. The number of benzene rings is 3. The highest BCUT2D eigenvalue weighted by Crippen LogP contribution is 2.31. The summed E-state index contributed by atoms with van der Waals surface area (Å²) in [5.74, 6) is -0.459. The molecule has 0 bridgehead atoms. The number of rotatable bonds is 6. The molecule has 1 aromatic heterocycles. The molecule has 0 saturated carbocycles. The Morgan fingerprint density at radius 2 is 1.61 bits per heavy atom. The summed E-state index contributed by atoms with van der Waals surface area (Å²) in [4.78, 5) is 42.9. The van der Waals surface area contributed by atoms with Gasteiger partial charge in [0.1, 0.15) is 5.52 Å². The predicted molar refractivity (Wildman–Crippen MR) is 124 cm³/mol. The minimum absolute atomic E-state index is 0.159. The van der Waals surface area contributed by atoms with E-state index in [1.807, 2.05) is 18.2 Å². The number of aromatic nitrogens is 1. The van der Waals surface area contributed by atoms with Gasteiger partial charge in [0, 0.05) is 24.7 Å². The first-order valence-electron chi connectivity index (χ1n) is 10.4. The maximum atomic E-state index is 12.4. The van der Waals surface area contributed by atoms with Gasteiger partial charge in [-0.25, -0.2) is 4.98 Å². The van der Waals surface area contributed by atoms with Crippen LogP contribution in [0.25, 0.3) is 22.6 Å². The van der Waals surface area contributed by atoms with Crippen molar-refractivity contribution in [3.63, 3.8) is 0 Å². The lowest BCUT2D eigenvalue weighted by Gasteiger charge is -2.13. The number of halogens is 1. The Morgan fingerprint density at radius 1 is 0.939 bits per heavy atom. The Balaban J connectivity index is 1.21. The normalized spacial score (nSPS) is 12.9. The molecular weight excluding hydrogens is 442 g/mol. The number of hydrogen-bond acceptors (Lipinski definition) is 5.